The Morgan fingerprint density at radius 3 is 2.26 bits per heavy atom. The molecule has 204 valence electrons. The Balaban J connectivity index is 1.77. The van der Waals surface area contributed by atoms with Gasteiger partial charge in [-0.25, -0.2) is 9.78 Å². The van der Waals surface area contributed by atoms with Crippen molar-refractivity contribution in [1.82, 2.24) is 19.4 Å². The molecule has 0 aliphatic carbocycles. The fraction of sp³-hybridized carbons (Fsp3) is 0.250. The second-order valence-electron chi connectivity index (χ2n) is 9.28. The van der Waals surface area contributed by atoms with Crippen LogP contribution in [-0.2, 0) is 6.18 Å². The molecule has 1 unspecified atom stereocenters. The Bertz CT molecular complexity index is 1520. The van der Waals surface area contributed by atoms with Crippen molar-refractivity contribution in [3.63, 3.8) is 0 Å². The zero-order chi connectivity index (χ0) is 28.3. The van der Waals surface area contributed by atoms with E-state index in [-0.39, 0.29) is 17.8 Å². The minimum absolute atomic E-state index is 0.215. The van der Waals surface area contributed by atoms with E-state index in [1.54, 1.807) is 43.3 Å². The Morgan fingerprint density at radius 1 is 1.00 bits per heavy atom. The molecule has 0 radical (unpaired) electrons. The van der Waals surface area contributed by atoms with Crippen molar-refractivity contribution in [2.24, 2.45) is 0 Å². The summed E-state index contributed by atoms with van der Waals surface area (Å²) in [5.74, 6) is 0.349. The number of urea groups is 1. The molecule has 1 aromatic heterocycles. The van der Waals surface area contributed by atoms with Crippen LogP contribution in [0.5, 0.6) is 0 Å². The lowest BCUT2D eigenvalue weighted by Crippen LogP contribution is -2.43. The van der Waals surface area contributed by atoms with Crippen LogP contribution < -0.4 is 10.9 Å². The summed E-state index contributed by atoms with van der Waals surface area (Å²) in [4.78, 5) is 35.4. The molecule has 1 N–H and O–H groups in total. The van der Waals surface area contributed by atoms with Crippen LogP contribution in [0.3, 0.4) is 0 Å². The number of alkyl halides is 3. The van der Waals surface area contributed by atoms with E-state index in [0.717, 1.165) is 16.6 Å². The highest BCUT2D eigenvalue weighted by atomic mass is 79.9. The maximum absolute atomic E-state index is 13.7. The standard InChI is InChI=1S/C28H27BrF3N5O2/c1-18(36(17-16-35(2)3)27(39)33-21-12-8-19(9-13-21)28(30,31)32)25-34-24-7-5-4-6-23(24)26(38)37(25)22-14-10-20(29)11-15-22/h4-15,18H,16-17H2,1-3H3,(H,33,39). The fourth-order valence-corrected chi connectivity index (χ4v) is 4.39. The van der Waals surface area contributed by atoms with Crippen molar-refractivity contribution in [3.8, 4) is 5.69 Å². The molecule has 4 aromatic rings. The first-order valence-corrected chi connectivity index (χ1v) is 12.9. The fourth-order valence-electron chi connectivity index (χ4n) is 4.13. The number of hydrogen-bond acceptors (Lipinski definition) is 4. The second-order valence-corrected chi connectivity index (χ2v) is 10.2. The number of halogens is 4. The van der Waals surface area contributed by atoms with Crippen LogP contribution >= 0.6 is 15.9 Å². The zero-order valence-electron chi connectivity index (χ0n) is 21.5. The molecule has 39 heavy (non-hydrogen) atoms. The van der Waals surface area contributed by atoms with E-state index in [0.29, 0.717) is 29.0 Å². The molecule has 0 bridgehead atoms. The molecule has 0 aliphatic heterocycles. The molecule has 0 fully saturated rings. The lowest BCUT2D eigenvalue weighted by atomic mass is 10.2. The van der Waals surface area contributed by atoms with E-state index >= 15 is 0 Å². The molecule has 0 spiro atoms. The number of anilines is 1. The van der Waals surface area contributed by atoms with Crippen LogP contribution in [0.4, 0.5) is 23.7 Å². The maximum atomic E-state index is 13.7. The van der Waals surface area contributed by atoms with Crippen molar-refractivity contribution in [3.05, 3.63) is 99.0 Å². The van der Waals surface area contributed by atoms with E-state index in [2.05, 4.69) is 21.2 Å². The van der Waals surface area contributed by atoms with Crippen molar-refractivity contribution in [2.75, 3.05) is 32.5 Å². The van der Waals surface area contributed by atoms with Gasteiger partial charge in [-0.15, -0.1) is 0 Å². The van der Waals surface area contributed by atoms with Crippen LogP contribution in [-0.4, -0.2) is 52.6 Å². The minimum Gasteiger partial charge on any atom is -0.313 e. The first-order chi connectivity index (χ1) is 18.5. The number of nitrogens with zero attached hydrogens (tertiary/aromatic N) is 4. The summed E-state index contributed by atoms with van der Waals surface area (Å²) in [7, 11) is 3.73. The highest BCUT2D eigenvalue weighted by molar-refractivity contribution is 9.10. The number of amides is 2. The van der Waals surface area contributed by atoms with Crippen molar-refractivity contribution in [1.29, 1.82) is 0 Å². The van der Waals surface area contributed by atoms with E-state index in [1.165, 1.54) is 21.6 Å². The van der Waals surface area contributed by atoms with E-state index in [4.69, 9.17) is 4.98 Å². The Hall–Kier alpha value is -3.70. The zero-order valence-corrected chi connectivity index (χ0v) is 23.1. The Kier molecular flexibility index (Phi) is 8.41. The molecular weight excluding hydrogens is 575 g/mol. The van der Waals surface area contributed by atoms with Gasteiger partial charge in [0, 0.05) is 23.2 Å². The third-order valence-corrected chi connectivity index (χ3v) is 6.77. The molecule has 1 atom stereocenters. The van der Waals surface area contributed by atoms with Gasteiger partial charge in [0.15, 0.2) is 0 Å². The largest absolute Gasteiger partial charge is 0.416 e. The summed E-state index contributed by atoms with van der Waals surface area (Å²) in [6.45, 7) is 2.54. The second kappa shape index (κ2) is 11.6. The number of para-hydroxylation sites is 1. The number of carbonyl (C=O) groups is 1. The van der Waals surface area contributed by atoms with Crippen molar-refractivity contribution < 1.29 is 18.0 Å². The summed E-state index contributed by atoms with van der Waals surface area (Å²) < 4.78 is 41.3. The number of aromatic nitrogens is 2. The molecule has 3 aromatic carbocycles. The average Bonchev–Trinajstić information content (AvgIpc) is 2.89. The van der Waals surface area contributed by atoms with Gasteiger partial charge in [-0.05, 0) is 81.7 Å². The summed E-state index contributed by atoms with van der Waals surface area (Å²) >= 11 is 3.42. The number of benzene rings is 3. The van der Waals surface area contributed by atoms with Gasteiger partial charge >= 0.3 is 12.2 Å². The predicted octanol–water partition coefficient (Wildman–Crippen LogP) is 6.32. The smallest absolute Gasteiger partial charge is 0.313 e. The molecule has 0 aliphatic rings. The Morgan fingerprint density at radius 2 is 1.64 bits per heavy atom. The third kappa shape index (κ3) is 6.48. The van der Waals surface area contributed by atoms with Gasteiger partial charge in [0.05, 0.1) is 28.2 Å². The van der Waals surface area contributed by atoms with Crippen molar-refractivity contribution in [2.45, 2.75) is 19.1 Å². The molecule has 0 saturated carbocycles. The van der Waals surface area contributed by atoms with E-state index < -0.39 is 23.8 Å². The molecule has 1 heterocycles. The number of likely N-dealkylation sites (N-methyl/N-ethyl adjacent to an activating group) is 1. The number of fused-ring (bicyclic) bond motifs is 1. The summed E-state index contributed by atoms with van der Waals surface area (Å²) in [6.07, 6.45) is -4.48. The number of carbonyl (C=O) groups excluding carboxylic acids is 1. The number of hydrogen-bond donors (Lipinski definition) is 1. The molecular formula is C28H27BrF3N5O2. The predicted molar refractivity (Wildman–Crippen MR) is 149 cm³/mol. The van der Waals surface area contributed by atoms with Gasteiger partial charge in [0.25, 0.3) is 5.56 Å². The minimum atomic E-state index is -4.48. The van der Waals surface area contributed by atoms with Crippen LogP contribution in [0.1, 0.15) is 24.4 Å². The first-order valence-electron chi connectivity index (χ1n) is 12.1. The average molecular weight is 602 g/mol. The quantitative estimate of drug-likeness (QED) is 0.269. The van der Waals surface area contributed by atoms with Gasteiger partial charge in [0.2, 0.25) is 0 Å². The number of rotatable bonds is 7. The first kappa shape index (κ1) is 28.3. The van der Waals surface area contributed by atoms with Crippen LogP contribution in [0.15, 0.2) is 82.1 Å². The molecule has 7 nitrogen and oxygen atoms in total. The highest BCUT2D eigenvalue weighted by Gasteiger charge is 2.31. The molecule has 4 rings (SSSR count). The monoisotopic (exact) mass is 601 g/mol. The normalized spacial score (nSPS) is 12.5. The summed E-state index contributed by atoms with van der Waals surface area (Å²) in [5.41, 5.74) is 0.206. The third-order valence-electron chi connectivity index (χ3n) is 6.24. The van der Waals surface area contributed by atoms with Crippen LogP contribution in [0.25, 0.3) is 16.6 Å². The van der Waals surface area contributed by atoms with Gasteiger partial charge in [-0.1, -0.05) is 28.1 Å². The topological polar surface area (TPSA) is 70.5 Å². The lowest BCUT2D eigenvalue weighted by molar-refractivity contribution is -0.137. The Labute approximate surface area is 232 Å². The SMILES string of the molecule is CC(c1nc2ccccc2c(=O)n1-c1ccc(Br)cc1)N(CCN(C)C)C(=O)Nc1ccc(C(F)(F)F)cc1. The number of nitrogens with one attached hydrogen (secondary N) is 1. The van der Waals surface area contributed by atoms with Gasteiger partial charge in [0.1, 0.15) is 5.82 Å². The van der Waals surface area contributed by atoms with Crippen LogP contribution in [0, 0.1) is 0 Å². The lowest BCUT2D eigenvalue weighted by Gasteiger charge is -2.31. The highest BCUT2D eigenvalue weighted by Crippen LogP contribution is 2.30. The summed E-state index contributed by atoms with van der Waals surface area (Å²) in [5, 5.41) is 3.13. The van der Waals surface area contributed by atoms with Crippen molar-refractivity contribution >= 4 is 38.6 Å². The van der Waals surface area contributed by atoms with Gasteiger partial charge < -0.3 is 15.1 Å². The van der Waals surface area contributed by atoms with E-state index in [1.807, 2.05) is 31.1 Å². The molecule has 11 heteroatoms. The molecule has 2 amide bonds. The van der Waals surface area contributed by atoms with Crippen LogP contribution in [0.2, 0.25) is 0 Å². The molecule has 0 saturated heterocycles. The van der Waals surface area contributed by atoms with Gasteiger partial charge in [-0.3, -0.25) is 9.36 Å². The van der Waals surface area contributed by atoms with E-state index in [9.17, 15) is 22.8 Å². The summed E-state index contributed by atoms with van der Waals surface area (Å²) in [6, 6.07) is 17.2. The van der Waals surface area contributed by atoms with Gasteiger partial charge in [-0.2, -0.15) is 13.2 Å². The maximum Gasteiger partial charge on any atom is 0.416 e.